The van der Waals surface area contributed by atoms with E-state index in [1.165, 1.54) is 5.01 Å². The van der Waals surface area contributed by atoms with Gasteiger partial charge in [0.05, 0.1) is 34.7 Å². The lowest BCUT2D eigenvalue weighted by Gasteiger charge is -2.10. The molecular weight excluding hydrogens is 318 g/mol. The van der Waals surface area contributed by atoms with Gasteiger partial charge in [-0.05, 0) is 36.5 Å². The first-order valence-corrected chi connectivity index (χ1v) is 7.52. The van der Waals surface area contributed by atoms with Gasteiger partial charge in [0.1, 0.15) is 5.82 Å². The minimum absolute atomic E-state index is 0.266. The van der Waals surface area contributed by atoms with E-state index in [1.54, 1.807) is 12.3 Å². The van der Waals surface area contributed by atoms with Crippen molar-refractivity contribution in [1.29, 1.82) is 0 Å². The van der Waals surface area contributed by atoms with Crippen LogP contribution in [0.5, 0.6) is 0 Å². The van der Waals surface area contributed by atoms with E-state index in [0.29, 0.717) is 11.5 Å². The number of rotatable bonds is 0. The highest BCUT2D eigenvalue weighted by atomic mass is 15.6. The summed E-state index contributed by atoms with van der Waals surface area (Å²) in [5, 5.41) is 5.42. The fourth-order valence-corrected chi connectivity index (χ4v) is 2.57. The van der Waals surface area contributed by atoms with Crippen molar-refractivity contribution in [1.82, 2.24) is 10.4 Å². The topological polar surface area (TPSA) is 115 Å². The molecule has 5 heterocycles. The molecule has 0 aromatic heterocycles. The Morgan fingerprint density at radius 2 is 1.52 bits per heavy atom. The predicted octanol–water partition coefficient (Wildman–Crippen LogP) is 0.562. The molecule has 0 unspecified atom stereocenters. The van der Waals surface area contributed by atoms with Crippen molar-refractivity contribution in [3.63, 3.8) is 0 Å². The van der Waals surface area contributed by atoms with Crippen LogP contribution in [0.4, 0.5) is 0 Å². The molecule has 0 saturated heterocycles. The second-order valence-electron chi connectivity index (χ2n) is 5.51. The monoisotopic (exact) mass is 329 g/mol. The zero-order valence-corrected chi connectivity index (χ0v) is 12.8. The van der Waals surface area contributed by atoms with Gasteiger partial charge in [0.25, 0.3) is 11.9 Å². The summed E-state index contributed by atoms with van der Waals surface area (Å²) in [7, 11) is 0. The Balaban J connectivity index is 1.63. The van der Waals surface area contributed by atoms with Gasteiger partial charge < -0.3 is 0 Å². The molecule has 9 nitrogen and oxygen atoms in total. The van der Waals surface area contributed by atoms with Gasteiger partial charge in [0, 0.05) is 6.08 Å². The van der Waals surface area contributed by atoms with Crippen LogP contribution in [-0.2, 0) is 0 Å². The number of hydrazone groups is 1. The molecule has 120 valence electrons. The average molecular weight is 329 g/mol. The maximum atomic E-state index is 6.03. The summed E-state index contributed by atoms with van der Waals surface area (Å²) in [6, 6.07) is 0. The number of nitrogens with one attached hydrogen (secondary N) is 1. The Hall–Kier alpha value is -3.72. The molecule has 0 saturated carbocycles. The zero-order valence-electron chi connectivity index (χ0n) is 12.8. The minimum Gasteiger partial charge on any atom is -0.258 e. The van der Waals surface area contributed by atoms with Crippen LogP contribution in [0, 0.1) is 0 Å². The molecule has 25 heavy (non-hydrogen) atoms. The first-order chi connectivity index (χ1) is 12.2. The molecule has 8 bridgehead atoms. The number of aliphatic imine (C=N–C) groups is 5. The molecule has 0 fully saturated rings. The third kappa shape index (κ3) is 2.48. The summed E-state index contributed by atoms with van der Waals surface area (Å²) >= 11 is 0. The smallest absolute Gasteiger partial charge is 0.258 e. The summed E-state index contributed by atoms with van der Waals surface area (Å²) in [4.78, 5) is 21.8. The van der Waals surface area contributed by atoms with Gasteiger partial charge in [-0.25, -0.2) is 30.8 Å². The fourth-order valence-electron chi connectivity index (χ4n) is 2.57. The van der Waals surface area contributed by atoms with Crippen molar-refractivity contribution in [2.45, 2.75) is 0 Å². The van der Waals surface area contributed by atoms with E-state index in [4.69, 9.17) is 5.84 Å². The van der Waals surface area contributed by atoms with Gasteiger partial charge in [0.15, 0.2) is 0 Å². The van der Waals surface area contributed by atoms with Crippen molar-refractivity contribution < 1.29 is 0 Å². The molecular formula is C16H11N9. The molecule has 0 aromatic carbocycles. The van der Waals surface area contributed by atoms with Crippen molar-refractivity contribution in [3.05, 3.63) is 59.7 Å². The number of allylic oxidation sites excluding steroid dienone is 7. The third-order valence-electron chi connectivity index (χ3n) is 3.73. The molecule has 0 aromatic rings. The van der Waals surface area contributed by atoms with E-state index in [1.807, 2.05) is 36.5 Å². The van der Waals surface area contributed by atoms with Gasteiger partial charge in [-0.3, -0.25) is 5.43 Å². The quantitative estimate of drug-likeness (QED) is 0.633. The number of nitrogens with zero attached hydrogens (tertiary/aromatic N) is 7. The Labute approximate surface area is 142 Å². The number of hydrogen-bond donors (Lipinski definition) is 2. The lowest BCUT2D eigenvalue weighted by Crippen LogP contribution is -2.34. The Kier molecular flexibility index (Phi) is 2.82. The van der Waals surface area contributed by atoms with E-state index in [2.05, 4.69) is 35.5 Å². The lowest BCUT2D eigenvalue weighted by molar-refractivity contribution is 0.536. The van der Waals surface area contributed by atoms with E-state index < -0.39 is 0 Å². The van der Waals surface area contributed by atoms with Crippen LogP contribution in [0.25, 0.3) is 0 Å². The van der Waals surface area contributed by atoms with Crippen LogP contribution >= 0.6 is 0 Å². The summed E-state index contributed by atoms with van der Waals surface area (Å²) in [5.41, 5.74) is 6.67. The van der Waals surface area contributed by atoms with E-state index in [0.717, 1.165) is 22.8 Å². The van der Waals surface area contributed by atoms with Crippen molar-refractivity contribution in [3.8, 4) is 0 Å². The fraction of sp³-hybridized carbons (Fsp3) is 0. The maximum absolute atomic E-state index is 6.03. The molecule has 9 heteroatoms. The number of hydrazine groups is 1. The van der Waals surface area contributed by atoms with E-state index >= 15 is 0 Å². The Morgan fingerprint density at radius 1 is 0.800 bits per heavy atom. The summed E-state index contributed by atoms with van der Waals surface area (Å²) in [5.74, 6) is 7.14. The standard InChI is InChI=1S/C16H11N9/c17-25-14-7-12-4-3-10(20-12)5-9-1-2-11(19-9)6-13-8-18-15(21-13)22-16(25)24-23-14/h1-8,23H,17H2. The first-order valence-electron chi connectivity index (χ1n) is 7.52. The number of fused-ring (bicyclic) bond motifs is 5. The number of nitrogens with two attached hydrogens (primary N) is 1. The second kappa shape index (κ2) is 5.14. The van der Waals surface area contributed by atoms with E-state index in [-0.39, 0.29) is 11.9 Å². The van der Waals surface area contributed by atoms with Crippen LogP contribution in [0.15, 0.2) is 89.8 Å². The lowest BCUT2D eigenvalue weighted by atomic mass is 10.3. The Bertz CT molecular complexity index is 1020. The largest absolute Gasteiger partial charge is 0.266 e. The molecule has 5 aliphatic rings. The molecule has 5 rings (SSSR count). The predicted molar refractivity (Wildman–Crippen MR) is 97.4 cm³/mol. The third-order valence-corrected chi connectivity index (χ3v) is 3.73. The van der Waals surface area contributed by atoms with Crippen LogP contribution in [0.2, 0.25) is 0 Å². The molecule has 3 N–H and O–H groups in total. The van der Waals surface area contributed by atoms with Crippen LogP contribution in [-0.4, -0.2) is 40.3 Å². The molecule has 0 atom stereocenters. The molecule has 0 spiro atoms. The minimum atomic E-state index is 0.266. The van der Waals surface area contributed by atoms with Crippen LogP contribution in [0.3, 0.4) is 0 Å². The van der Waals surface area contributed by atoms with Gasteiger partial charge >= 0.3 is 0 Å². The molecule has 0 radical (unpaired) electrons. The van der Waals surface area contributed by atoms with Gasteiger partial charge in [-0.1, -0.05) is 0 Å². The van der Waals surface area contributed by atoms with Crippen LogP contribution in [0.1, 0.15) is 0 Å². The SMILES string of the molecule is NN1C2=CC3=NC(=CC4=NC(=CC5=NC(=NC1=NN2)N=C5)C=C4)C=C3. The molecule has 0 amide bonds. The maximum Gasteiger partial charge on any atom is 0.266 e. The highest BCUT2D eigenvalue weighted by molar-refractivity contribution is 6.42. The summed E-state index contributed by atoms with van der Waals surface area (Å²) < 4.78 is 0. The first kappa shape index (κ1) is 13.7. The number of guanidine groups is 2. The second-order valence-corrected chi connectivity index (χ2v) is 5.51. The highest BCUT2D eigenvalue weighted by Crippen LogP contribution is 2.17. The van der Waals surface area contributed by atoms with Crippen molar-refractivity contribution in [2.75, 3.05) is 0 Å². The Morgan fingerprint density at radius 3 is 2.32 bits per heavy atom. The molecule has 0 aliphatic carbocycles. The summed E-state index contributed by atoms with van der Waals surface area (Å²) in [6.07, 6.45) is 14.8. The average Bonchev–Trinajstić information content (AvgIpc) is 3.36. The normalized spacial score (nSPS) is 22.7. The summed E-state index contributed by atoms with van der Waals surface area (Å²) in [6.45, 7) is 0. The van der Waals surface area contributed by atoms with Gasteiger partial charge in [0.2, 0.25) is 0 Å². The van der Waals surface area contributed by atoms with Crippen molar-refractivity contribution in [2.24, 2.45) is 35.9 Å². The van der Waals surface area contributed by atoms with Gasteiger partial charge in [-0.2, -0.15) is 4.99 Å². The van der Waals surface area contributed by atoms with Crippen molar-refractivity contribution >= 4 is 35.3 Å². The molecule has 5 aliphatic heterocycles. The number of hydrogen-bond acceptors (Lipinski definition) is 9. The van der Waals surface area contributed by atoms with Gasteiger partial charge in [-0.15, -0.1) is 5.10 Å². The van der Waals surface area contributed by atoms with E-state index in [9.17, 15) is 0 Å². The van der Waals surface area contributed by atoms with Crippen LogP contribution < -0.4 is 11.3 Å². The zero-order chi connectivity index (χ0) is 16.8. The highest BCUT2D eigenvalue weighted by Gasteiger charge is 2.21.